The summed E-state index contributed by atoms with van der Waals surface area (Å²) in [4.78, 5) is 0. The number of rotatable bonds is 5. The van der Waals surface area contributed by atoms with Crippen LogP contribution in [0.15, 0.2) is 18.2 Å². The van der Waals surface area contributed by atoms with Gasteiger partial charge in [-0.05, 0) is 62.9 Å². The molecule has 2 rings (SSSR count). The Labute approximate surface area is 116 Å². The number of piperidine rings is 1. The van der Waals surface area contributed by atoms with Crippen LogP contribution in [0.25, 0.3) is 0 Å². The second-order valence-corrected chi connectivity index (χ2v) is 5.49. The Bertz CT molecular complexity index is 400. The largest absolute Gasteiger partial charge is 0.493 e. The van der Waals surface area contributed by atoms with Crippen molar-refractivity contribution < 1.29 is 9.84 Å². The first kappa shape index (κ1) is 14.4. The van der Waals surface area contributed by atoms with Crippen molar-refractivity contribution in [3.63, 3.8) is 0 Å². The summed E-state index contributed by atoms with van der Waals surface area (Å²) in [5.74, 6) is 1.38. The molecular weight excluding hydrogens is 238 g/mol. The average molecular weight is 263 g/mol. The lowest BCUT2D eigenvalue weighted by Crippen LogP contribution is -2.34. The predicted octanol–water partition coefficient (Wildman–Crippen LogP) is 2.43. The molecule has 0 aromatic heterocycles. The minimum atomic E-state index is -0.229. The number of hydrogen-bond donors (Lipinski definition) is 2. The normalized spacial score (nSPS) is 18.3. The van der Waals surface area contributed by atoms with Crippen LogP contribution in [0, 0.1) is 19.8 Å². The molecule has 106 valence electrons. The summed E-state index contributed by atoms with van der Waals surface area (Å²) in [6.07, 6.45) is 2.64. The highest BCUT2D eigenvalue weighted by molar-refractivity contribution is 5.38. The third kappa shape index (κ3) is 3.95. The Balaban J connectivity index is 1.78. The molecular formula is C16H25NO2. The Morgan fingerprint density at radius 1 is 1.32 bits per heavy atom. The maximum absolute atomic E-state index is 10.2. The van der Waals surface area contributed by atoms with Crippen LogP contribution in [-0.2, 0) is 0 Å². The van der Waals surface area contributed by atoms with Crippen LogP contribution in [0.3, 0.4) is 0 Å². The fraction of sp³-hybridized carbons (Fsp3) is 0.625. The summed E-state index contributed by atoms with van der Waals surface area (Å²) in [5, 5.41) is 13.5. The van der Waals surface area contributed by atoms with Crippen molar-refractivity contribution in [3.8, 4) is 5.75 Å². The number of hydrogen-bond acceptors (Lipinski definition) is 3. The van der Waals surface area contributed by atoms with Crippen molar-refractivity contribution in [1.29, 1.82) is 0 Å². The monoisotopic (exact) mass is 263 g/mol. The van der Waals surface area contributed by atoms with Gasteiger partial charge in [0.25, 0.3) is 0 Å². The second-order valence-electron chi connectivity index (χ2n) is 5.49. The van der Waals surface area contributed by atoms with Crippen molar-refractivity contribution >= 4 is 0 Å². The zero-order valence-electron chi connectivity index (χ0n) is 12.0. The SMILES string of the molecule is Cc1cccc(OCCC(O)C2CCNCC2)c1C. The van der Waals surface area contributed by atoms with Crippen LogP contribution in [0.1, 0.15) is 30.4 Å². The van der Waals surface area contributed by atoms with Crippen LogP contribution >= 0.6 is 0 Å². The van der Waals surface area contributed by atoms with Crippen molar-refractivity contribution in [2.45, 2.75) is 39.2 Å². The Kier molecular flexibility index (Phi) is 5.23. The van der Waals surface area contributed by atoms with Gasteiger partial charge in [-0.15, -0.1) is 0 Å². The van der Waals surface area contributed by atoms with E-state index in [1.165, 1.54) is 11.1 Å². The molecule has 0 saturated carbocycles. The van der Waals surface area contributed by atoms with E-state index in [4.69, 9.17) is 4.74 Å². The van der Waals surface area contributed by atoms with E-state index >= 15 is 0 Å². The second kappa shape index (κ2) is 6.92. The smallest absolute Gasteiger partial charge is 0.122 e. The highest BCUT2D eigenvalue weighted by Crippen LogP contribution is 2.22. The molecule has 1 saturated heterocycles. The number of aryl methyl sites for hydroxylation is 1. The van der Waals surface area contributed by atoms with Crippen LogP contribution in [0.4, 0.5) is 0 Å². The lowest BCUT2D eigenvalue weighted by atomic mass is 9.91. The van der Waals surface area contributed by atoms with Crippen molar-refractivity contribution in [1.82, 2.24) is 5.32 Å². The zero-order valence-corrected chi connectivity index (χ0v) is 12.0. The summed E-state index contributed by atoms with van der Waals surface area (Å²) in [5.41, 5.74) is 2.44. The van der Waals surface area contributed by atoms with E-state index in [9.17, 15) is 5.11 Å². The molecule has 1 aliphatic heterocycles. The molecule has 1 aromatic carbocycles. The van der Waals surface area contributed by atoms with Gasteiger partial charge in [-0.25, -0.2) is 0 Å². The molecule has 1 fully saturated rings. The van der Waals surface area contributed by atoms with Gasteiger partial charge in [0.1, 0.15) is 5.75 Å². The summed E-state index contributed by atoms with van der Waals surface area (Å²) in [7, 11) is 0. The van der Waals surface area contributed by atoms with Crippen LogP contribution < -0.4 is 10.1 Å². The van der Waals surface area contributed by atoms with Crippen molar-refractivity contribution in [2.75, 3.05) is 19.7 Å². The molecule has 0 amide bonds. The van der Waals surface area contributed by atoms with E-state index in [-0.39, 0.29) is 6.10 Å². The van der Waals surface area contributed by atoms with Gasteiger partial charge in [-0.1, -0.05) is 12.1 Å². The summed E-state index contributed by atoms with van der Waals surface area (Å²) in [6, 6.07) is 6.10. The molecule has 3 nitrogen and oxygen atoms in total. The summed E-state index contributed by atoms with van der Waals surface area (Å²) >= 11 is 0. The summed E-state index contributed by atoms with van der Waals surface area (Å²) < 4.78 is 5.80. The molecule has 1 unspecified atom stereocenters. The molecule has 0 radical (unpaired) electrons. The molecule has 1 aliphatic rings. The van der Waals surface area contributed by atoms with Gasteiger partial charge in [-0.3, -0.25) is 0 Å². The first-order valence-corrected chi connectivity index (χ1v) is 7.26. The van der Waals surface area contributed by atoms with Crippen LogP contribution in [-0.4, -0.2) is 30.9 Å². The average Bonchev–Trinajstić information content (AvgIpc) is 2.44. The van der Waals surface area contributed by atoms with E-state index < -0.39 is 0 Å². The summed E-state index contributed by atoms with van der Waals surface area (Å²) in [6.45, 7) is 6.81. The fourth-order valence-corrected chi connectivity index (χ4v) is 2.63. The number of ether oxygens (including phenoxy) is 1. The van der Waals surface area contributed by atoms with Gasteiger partial charge in [0, 0.05) is 6.42 Å². The third-order valence-corrected chi connectivity index (χ3v) is 4.15. The number of nitrogens with one attached hydrogen (secondary N) is 1. The maximum atomic E-state index is 10.2. The number of aliphatic hydroxyl groups excluding tert-OH is 1. The zero-order chi connectivity index (χ0) is 13.7. The number of benzene rings is 1. The van der Waals surface area contributed by atoms with Crippen molar-refractivity contribution in [3.05, 3.63) is 29.3 Å². The van der Waals surface area contributed by atoms with Gasteiger partial charge >= 0.3 is 0 Å². The fourth-order valence-electron chi connectivity index (χ4n) is 2.63. The van der Waals surface area contributed by atoms with Crippen LogP contribution in [0.2, 0.25) is 0 Å². The quantitative estimate of drug-likeness (QED) is 0.857. The first-order chi connectivity index (χ1) is 9.18. The lowest BCUT2D eigenvalue weighted by Gasteiger charge is -2.27. The predicted molar refractivity (Wildman–Crippen MR) is 77.6 cm³/mol. The molecule has 3 heteroatoms. The molecule has 1 atom stereocenters. The molecule has 0 spiro atoms. The highest BCUT2D eigenvalue weighted by atomic mass is 16.5. The minimum Gasteiger partial charge on any atom is -0.493 e. The van der Waals surface area contributed by atoms with Gasteiger partial charge in [0.2, 0.25) is 0 Å². The lowest BCUT2D eigenvalue weighted by molar-refractivity contribution is 0.0673. The molecule has 1 heterocycles. The van der Waals surface area contributed by atoms with E-state index in [2.05, 4.69) is 25.2 Å². The van der Waals surface area contributed by atoms with Gasteiger partial charge in [-0.2, -0.15) is 0 Å². The molecule has 19 heavy (non-hydrogen) atoms. The van der Waals surface area contributed by atoms with E-state index in [0.717, 1.165) is 38.1 Å². The van der Waals surface area contributed by atoms with E-state index in [1.807, 2.05) is 12.1 Å². The highest BCUT2D eigenvalue weighted by Gasteiger charge is 2.21. The van der Waals surface area contributed by atoms with Gasteiger partial charge < -0.3 is 15.2 Å². The van der Waals surface area contributed by atoms with Crippen molar-refractivity contribution in [2.24, 2.45) is 5.92 Å². The van der Waals surface area contributed by atoms with E-state index in [0.29, 0.717) is 12.5 Å². The number of aliphatic hydroxyl groups is 1. The molecule has 0 bridgehead atoms. The standard InChI is InChI=1S/C16H25NO2/c1-12-4-3-5-16(13(12)2)19-11-8-15(18)14-6-9-17-10-7-14/h3-5,14-15,17-18H,6-11H2,1-2H3. The van der Waals surface area contributed by atoms with Gasteiger partial charge in [0.05, 0.1) is 12.7 Å². The molecule has 0 aliphatic carbocycles. The van der Waals surface area contributed by atoms with Gasteiger partial charge in [0.15, 0.2) is 0 Å². The Morgan fingerprint density at radius 2 is 2.05 bits per heavy atom. The minimum absolute atomic E-state index is 0.229. The third-order valence-electron chi connectivity index (χ3n) is 4.15. The van der Waals surface area contributed by atoms with E-state index in [1.54, 1.807) is 0 Å². The maximum Gasteiger partial charge on any atom is 0.122 e. The first-order valence-electron chi connectivity index (χ1n) is 7.26. The van der Waals surface area contributed by atoms with Crippen LogP contribution in [0.5, 0.6) is 5.75 Å². The molecule has 1 aromatic rings. The Morgan fingerprint density at radius 3 is 2.79 bits per heavy atom. The molecule has 2 N–H and O–H groups in total. The Hall–Kier alpha value is -1.06. The topological polar surface area (TPSA) is 41.5 Å².